The number of carbonyl (C=O) groups excluding carboxylic acids is 1. The van der Waals surface area contributed by atoms with Crippen molar-refractivity contribution in [2.75, 3.05) is 12.4 Å². The van der Waals surface area contributed by atoms with E-state index in [0.29, 0.717) is 10.0 Å². The Morgan fingerprint density at radius 1 is 1.33 bits per heavy atom. The van der Waals surface area contributed by atoms with E-state index in [0.717, 1.165) is 18.2 Å². The van der Waals surface area contributed by atoms with E-state index in [1.807, 2.05) is 0 Å². The maximum atomic E-state index is 12.8. The van der Waals surface area contributed by atoms with Crippen LogP contribution in [0.25, 0.3) is 6.08 Å². The van der Waals surface area contributed by atoms with Crippen molar-refractivity contribution in [2.45, 2.75) is 6.18 Å². The molecule has 9 heteroatoms. The zero-order valence-corrected chi connectivity index (χ0v) is 15.4. The first kappa shape index (κ1) is 20.3. The lowest BCUT2D eigenvalue weighted by Gasteiger charge is -2.10. The number of aromatic hydroxyl groups is 1. The van der Waals surface area contributed by atoms with Gasteiger partial charge in [0.2, 0.25) is 0 Å². The van der Waals surface area contributed by atoms with Gasteiger partial charge in [0, 0.05) is 10.2 Å². The number of rotatable bonds is 4. The molecule has 2 N–H and O–H groups in total. The monoisotopic (exact) mass is 440 g/mol. The average molecular weight is 441 g/mol. The summed E-state index contributed by atoms with van der Waals surface area (Å²) in [6.07, 6.45) is -3.34. The van der Waals surface area contributed by atoms with Crippen LogP contribution in [0.15, 0.2) is 46.4 Å². The molecule has 140 valence electrons. The van der Waals surface area contributed by atoms with Crippen molar-refractivity contribution in [3.63, 3.8) is 0 Å². The second kappa shape index (κ2) is 8.14. The number of phenols is 1. The number of carbonyl (C=O) groups is 1. The second-order valence-electron chi connectivity index (χ2n) is 5.25. The van der Waals surface area contributed by atoms with E-state index >= 15 is 0 Å². The van der Waals surface area contributed by atoms with Gasteiger partial charge >= 0.3 is 6.18 Å². The van der Waals surface area contributed by atoms with Crippen molar-refractivity contribution >= 4 is 33.6 Å². The van der Waals surface area contributed by atoms with Gasteiger partial charge in [-0.25, -0.2) is 0 Å². The van der Waals surface area contributed by atoms with E-state index < -0.39 is 17.6 Å². The van der Waals surface area contributed by atoms with E-state index in [-0.39, 0.29) is 22.8 Å². The zero-order valence-electron chi connectivity index (χ0n) is 13.8. The molecule has 0 unspecified atom stereocenters. The quantitative estimate of drug-likeness (QED) is 0.531. The first-order chi connectivity index (χ1) is 12.7. The largest absolute Gasteiger partial charge is 0.504 e. The number of nitriles is 1. The molecule has 0 radical (unpaired) electrons. The number of alkyl halides is 3. The molecule has 0 aliphatic rings. The smallest absolute Gasteiger partial charge is 0.416 e. The van der Waals surface area contributed by atoms with Gasteiger partial charge in [0.25, 0.3) is 5.91 Å². The zero-order chi connectivity index (χ0) is 20.2. The van der Waals surface area contributed by atoms with E-state index in [4.69, 9.17) is 4.74 Å². The van der Waals surface area contributed by atoms with Gasteiger partial charge in [-0.2, -0.15) is 18.4 Å². The molecule has 0 aromatic heterocycles. The first-order valence-corrected chi connectivity index (χ1v) is 8.12. The molecule has 0 fully saturated rings. The summed E-state index contributed by atoms with van der Waals surface area (Å²) >= 11 is 3.19. The number of phenolic OH excluding ortho intramolecular Hbond substituents is 1. The van der Waals surface area contributed by atoms with Gasteiger partial charge in [0.15, 0.2) is 11.5 Å². The van der Waals surface area contributed by atoms with Gasteiger partial charge in [0.05, 0.1) is 12.7 Å². The number of nitrogens with one attached hydrogen (secondary N) is 1. The molecule has 2 aromatic rings. The molecule has 0 atom stereocenters. The minimum Gasteiger partial charge on any atom is -0.504 e. The molecular weight excluding hydrogens is 429 g/mol. The number of benzene rings is 2. The van der Waals surface area contributed by atoms with Crippen LogP contribution in [0.3, 0.4) is 0 Å². The summed E-state index contributed by atoms with van der Waals surface area (Å²) in [5, 5.41) is 21.2. The summed E-state index contributed by atoms with van der Waals surface area (Å²) < 4.78 is 43.6. The number of amides is 1. The minimum atomic E-state index is -4.55. The predicted octanol–water partition coefficient (Wildman–Crippen LogP) is 4.73. The van der Waals surface area contributed by atoms with E-state index in [9.17, 15) is 28.3 Å². The average Bonchev–Trinajstić information content (AvgIpc) is 2.60. The fourth-order valence-corrected chi connectivity index (χ4v) is 2.55. The number of ether oxygens (including phenoxy) is 1. The van der Waals surface area contributed by atoms with Gasteiger partial charge in [0.1, 0.15) is 11.6 Å². The van der Waals surface area contributed by atoms with Crippen molar-refractivity contribution in [3.05, 3.63) is 57.6 Å². The molecule has 27 heavy (non-hydrogen) atoms. The molecule has 0 saturated carbocycles. The topological polar surface area (TPSA) is 82.3 Å². The third-order valence-corrected chi connectivity index (χ3v) is 4.10. The first-order valence-electron chi connectivity index (χ1n) is 7.32. The molecule has 2 rings (SSSR count). The van der Waals surface area contributed by atoms with Crippen molar-refractivity contribution in [2.24, 2.45) is 0 Å². The highest BCUT2D eigenvalue weighted by Gasteiger charge is 2.30. The molecule has 5 nitrogen and oxygen atoms in total. The third kappa shape index (κ3) is 5.01. The number of anilines is 1. The lowest BCUT2D eigenvalue weighted by atomic mass is 10.1. The van der Waals surface area contributed by atoms with Gasteiger partial charge < -0.3 is 15.2 Å². The lowest BCUT2D eigenvalue weighted by molar-refractivity contribution is -0.137. The molecule has 1 amide bonds. The molecule has 0 bridgehead atoms. The van der Waals surface area contributed by atoms with Gasteiger partial charge in [-0.1, -0.05) is 22.0 Å². The van der Waals surface area contributed by atoms with Crippen LogP contribution in [0.5, 0.6) is 11.5 Å². The van der Waals surface area contributed by atoms with Crippen LogP contribution in [0.2, 0.25) is 0 Å². The Labute approximate surface area is 160 Å². The molecule has 2 aromatic carbocycles. The summed E-state index contributed by atoms with van der Waals surface area (Å²) in [5.74, 6) is -0.899. The summed E-state index contributed by atoms with van der Waals surface area (Å²) in [6.45, 7) is 0. The SMILES string of the molecule is COc1cc(/C=C(/C#N)C(=O)Nc2cccc(C(F)(F)F)c2)c(Br)cc1O. The molecule has 0 aliphatic heterocycles. The normalized spacial score (nSPS) is 11.6. The number of hydrogen-bond donors (Lipinski definition) is 2. The lowest BCUT2D eigenvalue weighted by Crippen LogP contribution is -2.14. The Morgan fingerprint density at radius 2 is 2.04 bits per heavy atom. The van der Waals surface area contributed by atoms with Crippen LogP contribution in [0.4, 0.5) is 18.9 Å². The number of nitrogens with zero attached hydrogens (tertiary/aromatic N) is 1. The predicted molar refractivity (Wildman–Crippen MR) is 96.0 cm³/mol. The fraction of sp³-hybridized carbons (Fsp3) is 0.111. The van der Waals surface area contributed by atoms with Crippen molar-refractivity contribution < 1.29 is 27.8 Å². The summed E-state index contributed by atoms with van der Waals surface area (Å²) in [5.41, 5.74) is -1.01. The van der Waals surface area contributed by atoms with Crippen molar-refractivity contribution in [1.29, 1.82) is 5.26 Å². The van der Waals surface area contributed by atoms with E-state index in [1.165, 1.54) is 31.4 Å². The number of hydrogen-bond acceptors (Lipinski definition) is 4. The minimum absolute atomic E-state index is 0.0988. The van der Waals surface area contributed by atoms with Crippen LogP contribution >= 0.6 is 15.9 Å². The summed E-state index contributed by atoms with van der Waals surface area (Å²) in [4.78, 5) is 12.3. The van der Waals surface area contributed by atoms with Crippen LogP contribution in [0, 0.1) is 11.3 Å². The van der Waals surface area contributed by atoms with Gasteiger partial charge in [-0.3, -0.25) is 4.79 Å². The highest BCUT2D eigenvalue weighted by atomic mass is 79.9. The van der Waals surface area contributed by atoms with E-state index in [2.05, 4.69) is 21.2 Å². The van der Waals surface area contributed by atoms with Crippen molar-refractivity contribution in [1.82, 2.24) is 0 Å². The maximum Gasteiger partial charge on any atom is 0.416 e. The Hall–Kier alpha value is -2.99. The highest BCUT2D eigenvalue weighted by Crippen LogP contribution is 2.34. The second-order valence-corrected chi connectivity index (χ2v) is 6.10. The molecular formula is C18H12BrF3N2O3. The van der Waals surface area contributed by atoms with Crippen LogP contribution < -0.4 is 10.1 Å². The maximum absolute atomic E-state index is 12.8. The standard InChI is InChI=1S/C18H12BrF3N2O3/c1-27-16-6-10(14(19)8-15(16)25)5-11(9-23)17(26)24-13-4-2-3-12(7-13)18(20,21)22/h2-8,25H,1H3,(H,24,26)/b11-5-. The fourth-order valence-electron chi connectivity index (χ4n) is 2.11. The van der Waals surface area contributed by atoms with Gasteiger partial charge in [-0.15, -0.1) is 0 Å². The Bertz CT molecular complexity index is 950. The van der Waals surface area contributed by atoms with E-state index in [1.54, 1.807) is 6.07 Å². The number of halogens is 4. The Morgan fingerprint density at radius 3 is 2.63 bits per heavy atom. The number of methoxy groups -OCH3 is 1. The summed E-state index contributed by atoms with van der Waals surface area (Å²) in [6, 6.07) is 8.49. The Kier molecular flexibility index (Phi) is 6.13. The highest BCUT2D eigenvalue weighted by molar-refractivity contribution is 9.10. The van der Waals surface area contributed by atoms with Crippen molar-refractivity contribution in [3.8, 4) is 17.6 Å². The van der Waals surface area contributed by atoms with Crippen LogP contribution in [-0.2, 0) is 11.0 Å². The van der Waals surface area contributed by atoms with Crippen LogP contribution in [-0.4, -0.2) is 18.1 Å². The molecule has 0 spiro atoms. The Balaban J connectivity index is 2.32. The summed E-state index contributed by atoms with van der Waals surface area (Å²) in [7, 11) is 1.34. The van der Waals surface area contributed by atoms with Gasteiger partial charge in [-0.05, 0) is 42.0 Å². The molecule has 0 saturated heterocycles. The molecule has 0 heterocycles. The molecule has 0 aliphatic carbocycles. The third-order valence-electron chi connectivity index (χ3n) is 3.41. The van der Waals surface area contributed by atoms with Crippen LogP contribution in [0.1, 0.15) is 11.1 Å².